The Bertz CT molecular complexity index is 696. The van der Waals surface area contributed by atoms with Gasteiger partial charge in [0.1, 0.15) is 5.78 Å². The van der Waals surface area contributed by atoms with Crippen molar-refractivity contribution in [2.24, 2.45) is 5.92 Å². The molecule has 2 atom stereocenters. The fourth-order valence-corrected chi connectivity index (χ4v) is 3.49. The minimum atomic E-state index is -1.36. The summed E-state index contributed by atoms with van der Waals surface area (Å²) in [6.45, 7) is 8.66. The first-order chi connectivity index (χ1) is 11.1. The van der Waals surface area contributed by atoms with Gasteiger partial charge < -0.3 is 10.2 Å². The summed E-state index contributed by atoms with van der Waals surface area (Å²) < 4.78 is 0. The van der Waals surface area contributed by atoms with Crippen LogP contribution < -0.4 is 0 Å². The van der Waals surface area contributed by atoms with E-state index in [1.165, 1.54) is 13.8 Å². The Morgan fingerprint density at radius 3 is 2.33 bits per heavy atom. The first-order valence-corrected chi connectivity index (χ1v) is 9.14. The van der Waals surface area contributed by atoms with Gasteiger partial charge in [0.05, 0.1) is 17.6 Å². The van der Waals surface area contributed by atoms with Crippen LogP contribution in [0.3, 0.4) is 0 Å². The Labute approximate surface area is 148 Å². The van der Waals surface area contributed by atoms with Crippen LogP contribution >= 0.6 is 11.3 Å². The number of aryl methyl sites for hydroxylation is 1. The Balaban J connectivity index is 2.57. The zero-order valence-electron chi connectivity index (χ0n) is 14.9. The van der Waals surface area contributed by atoms with Crippen LogP contribution in [0.15, 0.2) is 35.0 Å². The normalized spacial score (nSPS) is 14.7. The summed E-state index contributed by atoms with van der Waals surface area (Å²) in [4.78, 5) is 12.8. The molecule has 0 fully saturated rings. The molecular formula is C20H26O3S. The van der Waals surface area contributed by atoms with Gasteiger partial charge in [-0.25, -0.2) is 0 Å². The molecule has 1 aromatic heterocycles. The molecule has 1 aromatic carbocycles. The third-order valence-electron chi connectivity index (χ3n) is 4.38. The average Bonchev–Trinajstić information content (AvgIpc) is 3.02. The first kappa shape index (κ1) is 18.8. The highest BCUT2D eigenvalue weighted by molar-refractivity contribution is 7.08. The maximum absolute atomic E-state index is 12.8. The molecule has 0 saturated heterocycles. The number of carbonyl (C=O) groups excluding carboxylic acids is 1. The molecule has 4 heteroatoms. The minimum absolute atomic E-state index is 0.0600. The lowest BCUT2D eigenvalue weighted by molar-refractivity contribution is -0.132. The van der Waals surface area contributed by atoms with Gasteiger partial charge in [-0.3, -0.25) is 4.79 Å². The molecule has 0 spiro atoms. The Hall–Kier alpha value is -1.49. The number of rotatable bonds is 6. The summed E-state index contributed by atoms with van der Waals surface area (Å²) >= 11 is 1.62. The third kappa shape index (κ3) is 3.94. The van der Waals surface area contributed by atoms with Crippen molar-refractivity contribution in [1.82, 2.24) is 0 Å². The van der Waals surface area contributed by atoms with Gasteiger partial charge in [-0.15, -0.1) is 0 Å². The molecule has 2 aromatic rings. The predicted molar refractivity (Wildman–Crippen MR) is 99.4 cm³/mol. The zero-order valence-corrected chi connectivity index (χ0v) is 15.7. The van der Waals surface area contributed by atoms with Gasteiger partial charge in [0.2, 0.25) is 0 Å². The van der Waals surface area contributed by atoms with Crippen molar-refractivity contribution in [3.8, 4) is 11.1 Å². The number of hydrogen-bond donors (Lipinski definition) is 2. The maximum Gasteiger partial charge on any atom is 0.145 e. The van der Waals surface area contributed by atoms with E-state index in [9.17, 15) is 15.0 Å². The Morgan fingerprint density at radius 1 is 1.17 bits per heavy atom. The van der Waals surface area contributed by atoms with E-state index in [0.717, 1.165) is 22.3 Å². The van der Waals surface area contributed by atoms with Crippen LogP contribution in [0.2, 0.25) is 0 Å². The molecule has 0 aliphatic heterocycles. The van der Waals surface area contributed by atoms with Crippen molar-refractivity contribution in [2.45, 2.75) is 52.2 Å². The van der Waals surface area contributed by atoms with Crippen molar-refractivity contribution in [1.29, 1.82) is 0 Å². The van der Waals surface area contributed by atoms with Crippen LogP contribution in [-0.4, -0.2) is 27.7 Å². The fourth-order valence-electron chi connectivity index (χ4n) is 2.83. The lowest BCUT2D eigenvalue weighted by atomic mass is 9.77. The number of benzene rings is 1. The molecule has 0 saturated carbocycles. The van der Waals surface area contributed by atoms with Crippen molar-refractivity contribution in [2.75, 3.05) is 0 Å². The second kappa shape index (κ2) is 7.18. The lowest BCUT2D eigenvalue weighted by Gasteiger charge is -2.33. The highest BCUT2D eigenvalue weighted by Crippen LogP contribution is 2.34. The summed E-state index contributed by atoms with van der Waals surface area (Å²) in [5.74, 6) is -1.03. The standard InChI is InChI=1S/C20H26O3S/c1-12(2)18(21)17(19(22)20(4,5)23)16-10-14(7-6-13(16)3)15-8-9-24-11-15/h6-12,17,19,22-23H,1-5H3. The second-order valence-electron chi connectivity index (χ2n) is 7.22. The monoisotopic (exact) mass is 346 g/mol. The number of Topliss-reactive ketones (excluding diaryl/α,β-unsaturated/α-hetero) is 1. The van der Waals surface area contributed by atoms with Crippen molar-refractivity contribution in [3.05, 3.63) is 46.2 Å². The predicted octanol–water partition coefficient (Wildman–Crippen LogP) is 4.16. The third-order valence-corrected chi connectivity index (χ3v) is 5.07. The van der Waals surface area contributed by atoms with Crippen LogP contribution in [0, 0.1) is 12.8 Å². The molecule has 0 radical (unpaired) electrons. The summed E-state index contributed by atoms with van der Waals surface area (Å²) in [6.07, 6.45) is -1.16. The van der Waals surface area contributed by atoms with Gasteiger partial charge in [-0.2, -0.15) is 11.3 Å². The van der Waals surface area contributed by atoms with Gasteiger partial charge in [0, 0.05) is 5.92 Å². The SMILES string of the molecule is Cc1ccc(-c2ccsc2)cc1C(C(=O)C(C)C)C(O)C(C)(C)O. The Morgan fingerprint density at radius 2 is 1.83 bits per heavy atom. The van der Waals surface area contributed by atoms with Gasteiger partial charge in [-0.1, -0.05) is 32.0 Å². The van der Waals surface area contributed by atoms with E-state index in [1.807, 2.05) is 50.4 Å². The van der Waals surface area contributed by atoms with E-state index in [0.29, 0.717) is 0 Å². The fraction of sp³-hybridized carbons (Fsp3) is 0.450. The van der Waals surface area contributed by atoms with E-state index >= 15 is 0 Å². The van der Waals surface area contributed by atoms with Crippen LogP contribution in [-0.2, 0) is 4.79 Å². The Kier molecular flexibility index (Phi) is 5.63. The van der Waals surface area contributed by atoms with E-state index in [2.05, 4.69) is 5.38 Å². The van der Waals surface area contributed by atoms with Crippen molar-refractivity contribution in [3.63, 3.8) is 0 Å². The van der Waals surface area contributed by atoms with Gasteiger partial charge >= 0.3 is 0 Å². The number of carbonyl (C=O) groups is 1. The van der Waals surface area contributed by atoms with E-state index in [1.54, 1.807) is 11.3 Å². The number of hydrogen-bond acceptors (Lipinski definition) is 4. The van der Waals surface area contributed by atoms with Gasteiger partial charge in [-0.05, 0) is 59.9 Å². The summed E-state index contributed by atoms with van der Waals surface area (Å²) in [7, 11) is 0. The molecule has 2 N–H and O–H groups in total. The zero-order chi connectivity index (χ0) is 18.1. The highest BCUT2D eigenvalue weighted by Gasteiger charge is 2.39. The topological polar surface area (TPSA) is 57.5 Å². The van der Waals surface area contributed by atoms with Gasteiger partial charge in [0.15, 0.2) is 0 Å². The van der Waals surface area contributed by atoms with Gasteiger partial charge in [0.25, 0.3) is 0 Å². The lowest BCUT2D eigenvalue weighted by Crippen LogP contribution is -2.44. The molecule has 130 valence electrons. The molecule has 3 nitrogen and oxygen atoms in total. The second-order valence-corrected chi connectivity index (χ2v) is 8.00. The quantitative estimate of drug-likeness (QED) is 0.825. The molecule has 24 heavy (non-hydrogen) atoms. The number of ketones is 1. The maximum atomic E-state index is 12.8. The van der Waals surface area contributed by atoms with E-state index in [4.69, 9.17) is 0 Å². The largest absolute Gasteiger partial charge is 0.389 e. The molecule has 0 aliphatic carbocycles. The van der Waals surface area contributed by atoms with Crippen LogP contribution in [0.1, 0.15) is 44.7 Å². The highest BCUT2D eigenvalue weighted by atomic mass is 32.1. The number of aliphatic hydroxyl groups excluding tert-OH is 1. The van der Waals surface area contributed by atoms with Crippen molar-refractivity contribution < 1.29 is 15.0 Å². The van der Waals surface area contributed by atoms with E-state index in [-0.39, 0.29) is 11.7 Å². The molecule has 2 rings (SSSR count). The van der Waals surface area contributed by atoms with Crippen molar-refractivity contribution >= 4 is 17.1 Å². The summed E-state index contributed by atoms with van der Waals surface area (Å²) in [5, 5.41) is 25.1. The molecule has 0 bridgehead atoms. The molecule has 1 heterocycles. The minimum Gasteiger partial charge on any atom is -0.389 e. The first-order valence-electron chi connectivity index (χ1n) is 8.20. The summed E-state index contributed by atoms with van der Waals surface area (Å²) in [6, 6.07) is 8.00. The molecule has 0 amide bonds. The number of thiophene rings is 1. The van der Waals surface area contributed by atoms with Crippen LogP contribution in [0.4, 0.5) is 0 Å². The van der Waals surface area contributed by atoms with Crippen LogP contribution in [0.5, 0.6) is 0 Å². The molecule has 0 aliphatic rings. The number of aliphatic hydroxyl groups is 2. The molecular weight excluding hydrogens is 320 g/mol. The molecule has 2 unspecified atom stereocenters. The van der Waals surface area contributed by atoms with Crippen LogP contribution in [0.25, 0.3) is 11.1 Å². The summed E-state index contributed by atoms with van der Waals surface area (Å²) in [5.41, 5.74) is 2.47. The van der Waals surface area contributed by atoms with E-state index < -0.39 is 17.6 Å². The smallest absolute Gasteiger partial charge is 0.145 e. The average molecular weight is 346 g/mol.